The van der Waals surface area contributed by atoms with Gasteiger partial charge in [0.05, 0.1) is 5.52 Å². The molecule has 1 aliphatic rings. The molecule has 1 N–H and O–H groups in total. The van der Waals surface area contributed by atoms with Gasteiger partial charge in [-0.25, -0.2) is 4.39 Å². The van der Waals surface area contributed by atoms with Gasteiger partial charge in [-0.3, -0.25) is 14.7 Å². The number of amides is 1. The van der Waals surface area contributed by atoms with Gasteiger partial charge in [0.15, 0.2) is 0 Å². The fraction of sp³-hybridized carbons (Fsp3) is 0.214. The second-order valence-corrected chi connectivity index (χ2v) is 8.65. The maximum atomic E-state index is 14.7. The van der Waals surface area contributed by atoms with Crippen molar-refractivity contribution in [1.82, 2.24) is 9.88 Å². The van der Waals surface area contributed by atoms with Gasteiger partial charge in [-0.1, -0.05) is 42.5 Å². The minimum absolute atomic E-state index is 0.278. The van der Waals surface area contributed by atoms with Crippen molar-refractivity contribution in [3.8, 4) is 11.1 Å². The van der Waals surface area contributed by atoms with Crippen LogP contribution in [-0.2, 0) is 6.54 Å². The molecular weight excluding hydrogens is 413 g/mol. The van der Waals surface area contributed by atoms with E-state index in [-0.39, 0.29) is 11.5 Å². The Labute approximate surface area is 193 Å². The zero-order chi connectivity index (χ0) is 22.8. The van der Waals surface area contributed by atoms with Gasteiger partial charge in [0.25, 0.3) is 5.91 Å². The van der Waals surface area contributed by atoms with Gasteiger partial charge in [0.1, 0.15) is 5.82 Å². The second kappa shape index (κ2) is 9.12. The molecule has 33 heavy (non-hydrogen) atoms. The first-order valence-electron chi connectivity index (χ1n) is 11.4. The summed E-state index contributed by atoms with van der Waals surface area (Å²) in [5.41, 5.74) is 5.18. The summed E-state index contributed by atoms with van der Waals surface area (Å²) in [4.78, 5) is 20.0. The first-order valence-corrected chi connectivity index (χ1v) is 11.4. The van der Waals surface area contributed by atoms with E-state index in [2.05, 4.69) is 21.3 Å². The Morgan fingerprint density at radius 1 is 1.03 bits per heavy atom. The fourth-order valence-corrected chi connectivity index (χ4v) is 4.52. The lowest BCUT2D eigenvalue weighted by Crippen LogP contribution is -2.18. The van der Waals surface area contributed by atoms with Crippen molar-refractivity contribution in [2.75, 3.05) is 18.4 Å². The van der Waals surface area contributed by atoms with Gasteiger partial charge in [-0.15, -0.1) is 0 Å². The van der Waals surface area contributed by atoms with E-state index in [4.69, 9.17) is 0 Å². The monoisotopic (exact) mass is 439 g/mol. The molecule has 5 heteroatoms. The topological polar surface area (TPSA) is 45.2 Å². The Morgan fingerprint density at radius 2 is 1.82 bits per heavy atom. The van der Waals surface area contributed by atoms with Crippen molar-refractivity contribution in [3.63, 3.8) is 0 Å². The van der Waals surface area contributed by atoms with Crippen molar-refractivity contribution in [2.45, 2.75) is 26.3 Å². The van der Waals surface area contributed by atoms with Crippen LogP contribution in [0.5, 0.6) is 0 Å². The third-order valence-electron chi connectivity index (χ3n) is 6.33. The predicted octanol–water partition coefficient (Wildman–Crippen LogP) is 6.20. The number of aryl methyl sites for hydroxylation is 1. The lowest BCUT2D eigenvalue weighted by molar-refractivity contribution is 0.102. The molecule has 1 aliphatic heterocycles. The van der Waals surface area contributed by atoms with Crippen molar-refractivity contribution < 1.29 is 9.18 Å². The number of nitrogens with one attached hydrogen (secondary N) is 1. The number of aromatic nitrogens is 1. The van der Waals surface area contributed by atoms with Gasteiger partial charge in [-0.05, 0) is 73.8 Å². The molecule has 1 saturated heterocycles. The van der Waals surface area contributed by atoms with Crippen molar-refractivity contribution in [2.24, 2.45) is 0 Å². The Kier molecular flexibility index (Phi) is 5.88. The largest absolute Gasteiger partial charge is 0.322 e. The van der Waals surface area contributed by atoms with Crippen LogP contribution in [0, 0.1) is 12.7 Å². The number of anilines is 1. The number of hydrogen-bond donors (Lipinski definition) is 1. The number of hydrogen-bond acceptors (Lipinski definition) is 3. The maximum Gasteiger partial charge on any atom is 0.255 e. The van der Waals surface area contributed by atoms with E-state index in [9.17, 15) is 9.18 Å². The minimum atomic E-state index is -0.420. The van der Waals surface area contributed by atoms with Gasteiger partial charge in [-0.2, -0.15) is 0 Å². The highest BCUT2D eigenvalue weighted by atomic mass is 19.1. The van der Waals surface area contributed by atoms with Crippen LogP contribution in [0.15, 0.2) is 72.9 Å². The Hall–Kier alpha value is -3.57. The van der Waals surface area contributed by atoms with Crippen LogP contribution < -0.4 is 5.32 Å². The van der Waals surface area contributed by atoms with E-state index in [0.717, 1.165) is 41.7 Å². The van der Waals surface area contributed by atoms with E-state index < -0.39 is 5.82 Å². The second-order valence-electron chi connectivity index (χ2n) is 8.65. The van der Waals surface area contributed by atoms with Crippen LogP contribution in [0.3, 0.4) is 0 Å². The number of pyridine rings is 1. The number of likely N-dealkylation sites (tertiary alicyclic amines) is 1. The molecule has 1 aromatic heterocycles. The standard InChI is InChI=1S/C28H26FN3O/c1-19-26(12-10-22-15-20(17-30-27(19)22)18-32-13-5-6-14-32)31-28(33)23-9-11-24(25(29)16-23)21-7-3-2-4-8-21/h2-4,7-12,15-17H,5-6,13-14,18H2,1H3,(H,31,33). The Bertz CT molecular complexity index is 1310. The lowest BCUT2D eigenvalue weighted by atomic mass is 10.0. The van der Waals surface area contributed by atoms with Crippen LogP contribution in [0.1, 0.15) is 34.3 Å². The van der Waals surface area contributed by atoms with Gasteiger partial charge < -0.3 is 5.32 Å². The van der Waals surface area contributed by atoms with Crippen LogP contribution in [-0.4, -0.2) is 28.9 Å². The molecule has 2 heterocycles. The van der Waals surface area contributed by atoms with Gasteiger partial charge in [0.2, 0.25) is 0 Å². The van der Waals surface area contributed by atoms with E-state index in [1.807, 2.05) is 55.6 Å². The highest BCUT2D eigenvalue weighted by Crippen LogP contribution is 2.27. The van der Waals surface area contributed by atoms with Crippen molar-refractivity contribution >= 4 is 22.5 Å². The average Bonchev–Trinajstić information content (AvgIpc) is 3.34. The molecule has 0 atom stereocenters. The fourth-order valence-electron chi connectivity index (χ4n) is 4.52. The maximum absolute atomic E-state index is 14.7. The van der Waals surface area contributed by atoms with Crippen LogP contribution >= 0.6 is 0 Å². The van der Waals surface area contributed by atoms with Gasteiger partial charge >= 0.3 is 0 Å². The van der Waals surface area contributed by atoms with E-state index in [1.54, 1.807) is 12.1 Å². The smallest absolute Gasteiger partial charge is 0.255 e. The van der Waals surface area contributed by atoms with Crippen LogP contribution in [0.4, 0.5) is 10.1 Å². The number of halogens is 1. The molecule has 3 aromatic carbocycles. The molecule has 0 saturated carbocycles. The number of carbonyl (C=O) groups is 1. The summed E-state index contributed by atoms with van der Waals surface area (Å²) in [5, 5.41) is 3.98. The quantitative estimate of drug-likeness (QED) is 0.403. The summed E-state index contributed by atoms with van der Waals surface area (Å²) >= 11 is 0. The summed E-state index contributed by atoms with van der Waals surface area (Å²) in [5.74, 6) is -0.766. The summed E-state index contributed by atoms with van der Waals surface area (Å²) in [6, 6.07) is 20.0. The molecule has 1 fully saturated rings. The summed E-state index contributed by atoms with van der Waals surface area (Å²) in [6.07, 6.45) is 4.46. The lowest BCUT2D eigenvalue weighted by Gasteiger charge is -2.15. The molecule has 166 valence electrons. The number of rotatable bonds is 5. The Morgan fingerprint density at radius 3 is 2.58 bits per heavy atom. The van der Waals surface area contributed by atoms with Gasteiger partial charge in [0, 0.05) is 34.9 Å². The molecule has 0 bridgehead atoms. The highest BCUT2D eigenvalue weighted by molar-refractivity contribution is 6.06. The number of benzene rings is 3. The van der Waals surface area contributed by atoms with E-state index in [0.29, 0.717) is 11.3 Å². The van der Waals surface area contributed by atoms with E-state index in [1.165, 1.54) is 24.5 Å². The normalized spacial score (nSPS) is 14.0. The third kappa shape index (κ3) is 4.50. The molecule has 4 aromatic rings. The zero-order valence-electron chi connectivity index (χ0n) is 18.6. The summed E-state index contributed by atoms with van der Waals surface area (Å²) in [7, 11) is 0. The highest BCUT2D eigenvalue weighted by Gasteiger charge is 2.15. The minimum Gasteiger partial charge on any atom is -0.322 e. The number of nitrogens with zero attached hydrogens (tertiary/aromatic N) is 2. The SMILES string of the molecule is Cc1c(NC(=O)c2ccc(-c3ccccc3)c(F)c2)ccc2cc(CN3CCCC3)cnc12. The zero-order valence-corrected chi connectivity index (χ0v) is 18.6. The van der Waals surface area contributed by atoms with E-state index >= 15 is 0 Å². The molecule has 0 radical (unpaired) electrons. The first kappa shape index (κ1) is 21.3. The molecule has 0 unspecified atom stereocenters. The molecule has 1 amide bonds. The van der Waals surface area contributed by atoms with Crippen LogP contribution in [0.2, 0.25) is 0 Å². The predicted molar refractivity (Wildman–Crippen MR) is 131 cm³/mol. The third-order valence-corrected chi connectivity index (χ3v) is 6.33. The summed E-state index contributed by atoms with van der Waals surface area (Å²) in [6.45, 7) is 5.17. The molecular formula is C28H26FN3O. The first-order chi connectivity index (χ1) is 16.1. The molecule has 5 rings (SSSR count). The molecule has 4 nitrogen and oxygen atoms in total. The van der Waals surface area contributed by atoms with Crippen LogP contribution in [0.25, 0.3) is 22.0 Å². The number of carbonyl (C=O) groups excluding carboxylic acids is 1. The molecule has 0 spiro atoms. The van der Waals surface area contributed by atoms with Crippen molar-refractivity contribution in [3.05, 3.63) is 95.4 Å². The summed E-state index contributed by atoms with van der Waals surface area (Å²) < 4.78 is 14.7. The molecule has 0 aliphatic carbocycles. The number of fused-ring (bicyclic) bond motifs is 1. The average molecular weight is 440 g/mol. The Balaban J connectivity index is 1.35. The van der Waals surface area contributed by atoms with Crippen molar-refractivity contribution in [1.29, 1.82) is 0 Å².